The molecule has 0 spiro atoms. The van der Waals surface area contributed by atoms with Crippen molar-refractivity contribution in [3.05, 3.63) is 18.3 Å². The Hall–Kier alpha value is -2.17. The second-order valence-electron chi connectivity index (χ2n) is 5.41. The lowest BCUT2D eigenvalue weighted by atomic mass is 10.1. The maximum absolute atomic E-state index is 6.22. The quantitative estimate of drug-likeness (QED) is 0.845. The van der Waals surface area contributed by atoms with Gasteiger partial charge in [0.2, 0.25) is 0 Å². The molecule has 0 atom stereocenters. The van der Waals surface area contributed by atoms with Crippen LogP contribution >= 0.6 is 0 Å². The van der Waals surface area contributed by atoms with E-state index >= 15 is 0 Å². The summed E-state index contributed by atoms with van der Waals surface area (Å²) in [5.41, 5.74) is 6.87. The number of methoxy groups -OCH3 is 2. The Morgan fingerprint density at radius 3 is 2.67 bits per heavy atom. The van der Waals surface area contributed by atoms with Crippen LogP contribution in [0.3, 0.4) is 0 Å². The first-order valence-electron chi connectivity index (χ1n) is 7.30. The Kier molecular flexibility index (Phi) is 3.73. The molecule has 1 fully saturated rings. The maximum Gasteiger partial charge on any atom is 0.168 e. The molecule has 0 unspecified atom stereocenters. The Labute approximate surface area is 124 Å². The normalized spacial score (nSPS) is 15.3. The van der Waals surface area contributed by atoms with Crippen molar-refractivity contribution in [1.82, 2.24) is 4.98 Å². The molecule has 3 N–H and O–H groups in total. The molecule has 0 bridgehead atoms. The molecule has 0 amide bonds. The molecule has 0 aliphatic heterocycles. The Morgan fingerprint density at radius 1 is 1.24 bits per heavy atom. The summed E-state index contributed by atoms with van der Waals surface area (Å²) in [7, 11) is 3.25. The number of fused-ring (bicyclic) bond motifs is 1. The molecular weight excluding hydrogens is 266 g/mol. The van der Waals surface area contributed by atoms with Crippen molar-refractivity contribution in [3.63, 3.8) is 0 Å². The van der Waals surface area contributed by atoms with Crippen LogP contribution in [0, 0.1) is 0 Å². The number of ether oxygens (including phenoxy) is 2. The molecular formula is C16H21N3O2. The fraction of sp³-hybridized carbons (Fsp3) is 0.438. The van der Waals surface area contributed by atoms with Gasteiger partial charge in [-0.3, -0.25) is 0 Å². The van der Waals surface area contributed by atoms with Crippen molar-refractivity contribution < 1.29 is 9.47 Å². The molecule has 1 aliphatic carbocycles. The number of rotatable bonds is 4. The molecule has 1 aromatic heterocycles. The van der Waals surface area contributed by atoms with Gasteiger partial charge in [-0.15, -0.1) is 0 Å². The first-order valence-corrected chi connectivity index (χ1v) is 7.30. The van der Waals surface area contributed by atoms with Crippen LogP contribution in [0.1, 0.15) is 25.7 Å². The van der Waals surface area contributed by atoms with E-state index in [2.05, 4.69) is 10.3 Å². The number of nitrogen functional groups attached to an aromatic ring is 1. The van der Waals surface area contributed by atoms with Gasteiger partial charge in [-0.1, -0.05) is 12.8 Å². The highest BCUT2D eigenvalue weighted by Crippen LogP contribution is 2.41. The number of hydrogen-bond donors (Lipinski definition) is 2. The summed E-state index contributed by atoms with van der Waals surface area (Å²) in [6.45, 7) is 0. The van der Waals surface area contributed by atoms with E-state index in [1.165, 1.54) is 25.7 Å². The van der Waals surface area contributed by atoms with Crippen molar-refractivity contribution in [1.29, 1.82) is 0 Å². The zero-order valence-electron chi connectivity index (χ0n) is 12.5. The van der Waals surface area contributed by atoms with E-state index in [9.17, 15) is 0 Å². The summed E-state index contributed by atoms with van der Waals surface area (Å²) >= 11 is 0. The lowest BCUT2D eigenvalue weighted by molar-refractivity contribution is 0.359. The highest BCUT2D eigenvalue weighted by Gasteiger charge is 2.19. The van der Waals surface area contributed by atoms with E-state index < -0.39 is 0 Å². The van der Waals surface area contributed by atoms with E-state index in [0.29, 0.717) is 23.2 Å². The fourth-order valence-electron chi connectivity index (χ4n) is 3.09. The highest BCUT2D eigenvalue weighted by atomic mass is 16.5. The van der Waals surface area contributed by atoms with Crippen LogP contribution in [0.2, 0.25) is 0 Å². The number of benzene rings is 1. The van der Waals surface area contributed by atoms with Gasteiger partial charge in [0.15, 0.2) is 11.5 Å². The molecule has 5 nitrogen and oxygen atoms in total. The van der Waals surface area contributed by atoms with Crippen LogP contribution in [0.5, 0.6) is 11.5 Å². The van der Waals surface area contributed by atoms with Gasteiger partial charge < -0.3 is 20.5 Å². The predicted octanol–water partition coefficient (Wildman–Crippen LogP) is 3.19. The Balaban J connectivity index is 2.13. The molecule has 1 aliphatic rings. The minimum Gasteiger partial charge on any atom is -0.493 e. The van der Waals surface area contributed by atoms with Crippen LogP contribution in [-0.4, -0.2) is 25.2 Å². The Morgan fingerprint density at radius 2 is 2.00 bits per heavy atom. The monoisotopic (exact) mass is 287 g/mol. The van der Waals surface area contributed by atoms with Crippen molar-refractivity contribution in [2.45, 2.75) is 31.7 Å². The molecule has 1 aromatic carbocycles. The summed E-state index contributed by atoms with van der Waals surface area (Å²) < 4.78 is 10.8. The third-order valence-electron chi connectivity index (χ3n) is 4.11. The van der Waals surface area contributed by atoms with Crippen LogP contribution in [-0.2, 0) is 0 Å². The Bertz CT molecular complexity index is 652. The molecule has 0 saturated heterocycles. The second-order valence-corrected chi connectivity index (χ2v) is 5.41. The predicted molar refractivity (Wildman–Crippen MR) is 85.1 cm³/mol. The molecule has 1 saturated carbocycles. The SMILES string of the molecule is COc1cc(N)c2c(NC3CCCC3)nccc2c1OC. The standard InChI is InChI=1S/C16H21N3O2/c1-20-13-9-12(17)14-11(15(13)21-2)7-8-18-16(14)19-10-5-3-4-6-10/h7-10H,3-6,17H2,1-2H3,(H,18,19). The molecule has 5 heteroatoms. The van der Waals surface area contributed by atoms with E-state index in [0.717, 1.165) is 16.6 Å². The van der Waals surface area contributed by atoms with Gasteiger partial charge in [0.05, 0.1) is 19.6 Å². The van der Waals surface area contributed by atoms with Gasteiger partial charge in [0, 0.05) is 29.4 Å². The van der Waals surface area contributed by atoms with E-state index in [1.807, 2.05) is 6.07 Å². The number of anilines is 2. The largest absolute Gasteiger partial charge is 0.493 e. The van der Waals surface area contributed by atoms with Gasteiger partial charge >= 0.3 is 0 Å². The number of hydrogen-bond acceptors (Lipinski definition) is 5. The molecule has 112 valence electrons. The van der Waals surface area contributed by atoms with Gasteiger partial charge in [-0.25, -0.2) is 4.98 Å². The van der Waals surface area contributed by atoms with Gasteiger partial charge in [0.1, 0.15) is 5.82 Å². The maximum atomic E-state index is 6.22. The first kappa shape index (κ1) is 13.8. The average Bonchev–Trinajstić information content (AvgIpc) is 3.00. The van der Waals surface area contributed by atoms with Gasteiger partial charge in [0.25, 0.3) is 0 Å². The molecule has 3 rings (SSSR count). The van der Waals surface area contributed by atoms with Crippen molar-refractivity contribution in [2.75, 3.05) is 25.3 Å². The number of nitrogens with two attached hydrogens (primary N) is 1. The zero-order chi connectivity index (χ0) is 14.8. The lowest BCUT2D eigenvalue weighted by Crippen LogP contribution is -2.16. The van der Waals surface area contributed by atoms with Crippen molar-refractivity contribution in [2.24, 2.45) is 0 Å². The first-order chi connectivity index (χ1) is 10.2. The molecule has 1 heterocycles. The average molecular weight is 287 g/mol. The fourth-order valence-corrected chi connectivity index (χ4v) is 3.09. The number of nitrogens with one attached hydrogen (secondary N) is 1. The zero-order valence-corrected chi connectivity index (χ0v) is 12.5. The van der Waals surface area contributed by atoms with E-state index in [4.69, 9.17) is 15.2 Å². The highest BCUT2D eigenvalue weighted by molar-refractivity contribution is 6.05. The third kappa shape index (κ3) is 2.44. The van der Waals surface area contributed by atoms with Crippen LogP contribution in [0.4, 0.5) is 11.5 Å². The molecule has 21 heavy (non-hydrogen) atoms. The lowest BCUT2D eigenvalue weighted by Gasteiger charge is -2.18. The number of nitrogens with zero attached hydrogens (tertiary/aromatic N) is 1. The van der Waals surface area contributed by atoms with Gasteiger partial charge in [-0.05, 0) is 18.9 Å². The summed E-state index contributed by atoms with van der Waals surface area (Å²) in [5.74, 6) is 2.16. The van der Waals surface area contributed by atoms with Crippen LogP contribution < -0.4 is 20.5 Å². The topological polar surface area (TPSA) is 69.4 Å². The second kappa shape index (κ2) is 5.68. The number of pyridine rings is 1. The number of aromatic nitrogens is 1. The van der Waals surface area contributed by atoms with Crippen LogP contribution in [0.25, 0.3) is 10.8 Å². The molecule has 0 radical (unpaired) electrons. The molecule has 2 aromatic rings. The van der Waals surface area contributed by atoms with Crippen molar-refractivity contribution in [3.8, 4) is 11.5 Å². The minimum absolute atomic E-state index is 0.482. The van der Waals surface area contributed by atoms with E-state index in [-0.39, 0.29) is 0 Å². The van der Waals surface area contributed by atoms with Gasteiger partial charge in [-0.2, -0.15) is 0 Å². The van der Waals surface area contributed by atoms with E-state index in [1.54, 1.807) is 26.5 Å². The smallest absolute Gasteiger partial charge is 0.168 e. The summed E-state index contributed by atoms with van der Waals surface area (Å²) in [6, 6.07) is 4.19. The third-order valence-corrected chi connectivity index (χ3v) is 4.11. The summed E-state index contributed by atoms with van der Waals surface area (Å²) in [5, 5.41) is 5.35. The van der Waals surface area contributed by atoms with Crippen LogP contribution in [0.15, 0.2) is 18.3 Å². The minimum atomic E-state index is 0.482. The summed E-state index contributed by atoms with van der Waals surface area (Å²) in [4.78, 5) is 4.47. The summed E-state index contributed by atoms with van der Waals surface area (Å²) in [6.07, 6.45) is 6.70. The van der Waals surface area contributed by atoms with Crippen molar-refractivity contribution >= 4 is 22.3 Å².